The molecule has 3 heterocycles. The molecule has 7 heteroatoms. The van der Waals surface area contributed by atoms with Gasteiger partial charge in [-0.05, 0) is 55.0 Å². The monoisotopic (exact) mass is 397 g/mol. The van der Waals surface area contributed by atoms with Crippen molar-refractivity contribution in [3.05, 3.63) is 78.2 Å². The quantitative estimate of drug-likeness (QED) is 0.470. The van der Waals surface area contributed by atoms with Crippen molar-refractivity contribution >= 4 is 44.3 Å². The van der Waals surface area contributed by atoms with Crippen LogP contribution in [0.4, 0.5) is 5.69 Å². The molecular formula is C22H15N5OS. The zero-order valence-electron chi connectivity index (χ0n) is 15.5. The van der Waals surface area contributed by atoms with Crippen LogP contribution in [-0.2, 0) is 0 Å². The molecule has 0 aliphatic carbocycles. The molecule has 3 aromatic heterocycles. The second kappa shape index (κ2) is 7.03. The Balaban J connectivity index is 1.41. The molecule has 1 amide bonds. The fraction of sp³-hybridized carbons (Fsp3) is 0.0455. The summed E-state index contributed by atoms with van der Waals surface area (Å²) in [5, 5.41) is 3.83. The van der Waals surface area contributed by atoms with Gasteiger partial charge in [-0.15, -0.1) is 0 Å². The van der Waals surface area contributed by atoms with E-state index in [1.54, 1.807) is 17.5 Å². The minimum absolute atomic E-state index is 0.282. The van der Waals surface area contributed by atoms with Crippen molar-refractivity contribution in [2.24, 2.45) is 0 Å². The molecule has 0 bridgehead atoms. The van der Waals surface area contributed by atoms with Gasteiger partial charge in [0, 0.05) is 17.4 Å². The zero-order valence-corrected chi connectivity index (χ0v) is 16.3. The van der Waals surface area contributed by atoms with Crippen LogP contribution >= 0.6 is 11.3 Å². The zero-order chi connectivity index (χ0) is 19.8. The number of para-hydroxylation sites is 2. The largest absolute Gasteiger partial charge is 0.320 e. The van der Waals surface area contributed by atoms with Gasteiger partial charge in [0.2, 0.25) is 0 Å². The number of benzene rings is 2. The number of fused-ring (bicyclic) bond motifs is 2. The molecule has 0 saturated carbocycles. The molecule has 0 aliphatic rings. The summed E-state index contributed by atoms with van der Waals surface area (Å²) in [6.45, 7) is 1.96. The molecule has 5 aromatic rings. The van der Waals surface area contributed by atoms with Crippen LogP contribution in [0, 0.1) is 6.92 Å². The SMILES string of the molecule is Cc1cc(-c2nc3cccnc3s2)ccc1NC(=O)c1cnc2ccccc2n1. The molecule has 0 unspecified atom stereocenters. The lowest BCUT2D eigenvalue weighted by Crippen LogP contribution is -2.15. The maximum absolute atomic E-state index is 12.7. The number of aromatic nitrogens is 4. The van der Waals surface area contributed by atoms with Crippen LogP contribution < -0.4 is 5.32 Å². The Labute approximate surface area is 170 Å². The van der Waals surface area contributed by atoms with Gasteiger partial charge in [0.25, 0.3) is 5.91 Å². The van der Waals surface area contributed by atoms with E-state index in [9.17, 15) is 4.79 Å². The highest BCUT2D eigenvalue weighted by Crippen LogP contribution is 2.31. The number of thiazole rings is 1. The van der Waals surface area contributed by atoms with Gasteiger partial charge in [-0.25, -0.2) is 15.0 Å². The molecule has 0 aliphatic heterocycles. The second-order valence-electron chi connectivity index (χ2n) is 6.57. The Morgan fingerprint density at radius 2 is 1.76 bits per heavy atom. The normalized spacial score (nSPS) is 11.1. The molecule has 140 valence electrons. The van der Waals surface area contributed by atoms with Crippen molar-refractivity contribution in [2.75, 3.05) is 5.32 Å². The van der Waals surface area contributed by atoms with E-state index in [-0.39, 0.29) is 11.6 Å². The number of aryl methyl sites for hydroxylation is 1. The molecule has 0 fully saturated rings. The third-order valence-corrected chi connectivity index (χ3v) is 5.60. The van der Waals surface area contributed by atoms with Crippen molar-refractivity contribution in [2.45, 2.75) is 6.92 Å². The molecule has 1 N–H and O–H groups in total. The maximum atomic E-state index is 12.7. The number of amides is 1. The predicted molar refractivity (Wildman–Crippen MR) is 115 cm³/mol. The summed E-state index contributed by atoms with van der Waals surface area (Å²) >= 11 is 1.55. The Morgan fingerprint density at radius 1 is 0.931 bits per heavy atom. The summed E-state index contributed by atoms with van der Waals surface area (Å²) in [6, 6.07) is 17.2. The van der Waals surface area contributed by atoms with Gasteiger partial charge in [-0.2, -0.15) is 0 Å². The summed E-state index contributed by atoms with van der Waals surface area (Å²) in [7, 11) is 0. The summed E-state index contributed by atoms with van der Waals surface area (Å²) < 4.78 is 0. The summed E-state index contributed by atoms with van der Waals surface area (Å²) in [5.41, 5.74) is 5.28. The number of nitrogens with one attached hydrogen (secondary N) is 1. The number of anilines is 1. The average Bonchev–Trinajstić information content (AvgIpc) is 3.19. The first kappa shape index (κ1) is 17.4. The number of carbonyl (C=O) groups is 1. The van der Waals surface area contributed by atoms with Crippen molar-refractivity contribution in [1.29, 1.82) is 0 Å². The van der Waals surface area contributed by atoms with Crippen molar-refractivity contribution < 1.29 is 4.79 Å². The molecule has 29 heavy (non-hydrogen) atoms. The topological polar surface area (TPSA) is 80.7 Å². The first-order valence-electron chi connectivity index (χ1n) is 9.03. The van der Waals surface area contributed by atoms with E-state index in [1.165, 1.54) is 6.20 Å². The van der Waals surface area contributed by atoms with Crippen LogP contribution in [-0.4, -0.2) is 25.8 Å². The van der Waals surface area contributed by atoms with Crippen LogP contribution in [0.5, 0.6) is 0 Å². The van der Waals surface area contributed by atoms with Crippen molar-refractivity contribution in [3.8, 4) is 10.6 Å². The fourth-order valence-electron chi connectivity index (χ4n) is 3.08. The van der Waals surface area contributed by atoms with E-state index >= 15 is 0 Å². The Bertz CT molecular complexity index is 1350. The fourth-order valence-corrected chi connectivity index (χ4v) is 3.99. The molecule has 6 nitrogen and oxygen atoms in total. The lowest BCUT2D eigenvalue weighted by atomic mass is 10.1. The van der Waals surface area contributed by atoms with Gasteiger partial charge in [0.05, 0.1) is 17.2 Å². The first-order valence-corrected chi connectivity index (χ1v) is 9.85. The van der Waals surface area contributed by atoms with E-state index in [0.717, 1.165) is 37.7 Å². The maximum Gasteiger partial charge on any atom is 0.275 e. The molecule has 5 rings (SSSR count). The third kappa shape index (κ3) is 3.32. The average molecular weight is 397 g/mol. The number of carbonyl (C=O) groups excluding carboxylic acids is 1. The van der Waals surface area contributed by atoms with Gasteiger partial charge in [0.15, 0.2) is 0 Å². The van der Waals surface area contributed by atoms with Crippen molar-refractivity contribution in [3.63, 3.8) is 0 Å². The predicted octanol–water partition coefficient (Wildman–Crippen LogP) is 4.86. The first-order chi connectivity index (χ1) is 14.2. The number of nitrogens with zero attached hydrogens (tertiary/aromatic N) is 4. The standard InChI is InChI=1S/C22H15N5OS/c1-13-11-14(21-27-18-7-4-10-23-22(18)29-21)8-9-15(13)26-20(28)19-12-24-16-5-2-3-6-17(16)25-19/h2-12H,1H3,(H,26,28). The number of rotatable bonds is 3. The Kier molecular flexibility index (Phi) is 4.22. The summed E-state index contributed by atoms with van der Waals surface area (Å²) in [6.07, 6.45) is 3.26. The highest BCUT2D eigenvalue weighted by atomic mass is 32.1. The Hall–Kier alpha value is -3.71. The lowest BCUT2D eigenvalue weighted by Gasteiger charge is -2.09. The molecule has 0 spiro atoms. The van der Waals surface area contributed by atoms with Gasteiger partial charge in [0.1, 0.15) is 21.0 Å². The smallest absolute Gasteiger partial charge is 0.275 e. The van der Waals surface area contributed by atoms with Crippen LogP contribution in [0.15, 0.2) is 67.0 Å². The van der Waals surface area contributed by atoms with E-state index in [1.807, 2.05) is 61.5 Å². The molecule has 0 atom stereocenters. The van der Waals surface area contributed by atoms with Crippen molar-refractivity contribution in [1.82, 2.24) is 19.9 Å². The minimum Gasteiger partial charge on any atom is -0.320 e. The summed E-state index contributed by atoms with van der Waals surface area (Å²) in [4.78, 5) is 31.3. The highest BCUT2D eigenvalue weighted by molar-refractivity contribution is 7.21. The van der Waals surface area contributed by atoms with Gasteiger partial charge >= 0.3 is 0 Å². The molecule has 2 aromatic carbocycles. The van der Waals surface area contributed by atoms with Crippen LogP contribution in [0.3, 0.4) is 0 Å². The second-order valence-corrected chi connectivity index (χ2v) is 7.55. The van der Waals surface area contributed by atoms with Gasteiger partial charge < -0.3 is 5.32 Å². The number of pyridine rings is 1. The van der Waals surface area contributed by atoms with E-state index in [4.69, 9.17) is 0 Å². The van der Waals surface area contributed by atoms with Crippen LogP contribution in [0.1, 0.15) is 16.1 Å². The van der Waals surface area contributed by atoms with Crippen LogP contribution in [0.2, 0.25) is 0 Å². The summed E-state index contributed by atoms with van der Waals surface area (Å²) in [5.74, 6) is -0.289. The molecular weight excluding hydrogens is 382 g/mol. The van der Waals surface area contributed by atoms with E-state index in [2.05, 4.69) is 25.3 Å². The van der Waals surface area contributed by atoms with Gasteiger partial charge in [-0.3, -0.25) is 9.78 Å². The highest BCUT2D eigenvalue weighted by Gasteiger charge is 2.13. The van der Waals surface area contributed by atoms with Gasteiger partial charge in [-0.1, -0.05) is 23.5 Å². The van der Waals surface area contributed by atoms with Crippen LogP contribution in [0.25, 0.3) is 32.0 Å². The third-order valence-electron chi connectivity index (χ3n) is 4.57. The molecule has 0 saturated heterocycles. The lowest BCUT2D eigenvalue weighted by molar-refractivity contribution is 0.102. The van der Waals surface area contributed by atoms with E-state index < -0.39 is 0 Å². The number of hydrogen-bond donors (Lipinski definition) is 1. The number of hydrogen-bond acceptors (Lipinski definition) is 6. The molecule has 0 radical (unpaired) electrons. The Morgan fingerprint density at radius 3 is 2.59 bits per heavy atom. The minimum atomic E-state index is -0.289. The van der Waals surface area contributed by atoms with E-state index in [0.29, 0.717) is 5.52 Å².